The third-order valence-electron chi connectivity index (χ3n) is 6.35. The van der Waals surface area contributed by atoms with Crippen molar-refractivity contribution in [3.05, 3.63) is 89.0 Å². The molecule has 4 heterocycles. The number of benzene rings is 1. The van der Waals surface area contributed by atoms with E-state index in [9.17, 15) is 4.79 Å². The monoisotopic (exact) mass is 436 g/mol. The van der Waals surface area contributed by atoms with Gasteiger partial charge in [0.15, 0.2) is 0 Å². The van der Waals surface area contributed by atoms with E-state index in [0.717, 1.165) is 55.0 Å². The highest BCUT2D eigenvalue weighted by Gasteiger charge is 2.20. The molecule has 0 saturated carbocycles. The molecule has 7 heteroatoms. The first-order chi connectivity index (χ1) is 16.2. The van der Waals surface area contributed by atoms with Crippen molar-refractivity contribution in [2.24, 2.45) is 0 Å². The zero-order valence-corrected chi connectivity index (χ0v) is 18.2. The topological polar surface area (TPSA) is 80.9 Å². The van der Waals surface area contributed by atoms with Crippen molar-refractivity contribution in [1.82, 2.24) is 24.8 Å². The van der Waals surface area contributed by atoms with Gasteiger partial charge >= 0.3 is 0 Å². The summed E-state index contributed by atoms with van der Waals surface area (Å²) in [4.78, 5) is 32.8. The van der Waals surface area contributed by atoms with Crippen LogP contribution in [-0.4, -0.2) is 51.0 Å². The van der Waals surface area contributed by atoms with E-state index in [4.69, 9.17) is 4.98 Å². The Hall–Kier alpha value is -3.97. The Bertz CT molecular complexity index is 1430. The molecule has 2 aliphatic heterocycles. The summed E-state index contributed by atoms with van der Waals surface area (Å²) in [6.07, 6.45) is 3.76. The van der Waals surface area contributed by atoms with Crippen LogP contribution in [0.5, 0.6) is 0 Å². The summed E-state index contributed by atoms with van der Waals surface area (Å²) in [5.74, 6) is 0.603. The van der Waals surface area contributed by atoms with Crippen LogP contribution in [0.4, 0.5) is 5.69 Å². The fourth-order valence-electron chi connectivity index (χ4n) is 4.64. The van der Waals surface area contributed by atoms with E-state index in [1.807, 2.05) is 54.9 Å². The third-order valence-corrected chi connectivity index (χ3v) is 6.35. The predicted molar refractivity (Wildman–Crippen MR) is 130 cm³/mol. The summed E-state index contributed by atoms with van der Waals surface area (Å²) in [5.41, 5.74) is 6.36. The lowest BCUT2D eigenvalue weighted by molar-refractivity contribution is 0.249. The maximum atomic E-state index is 12.7. The Labute approximate surface area is 191 Å². The van der Waals surface area contributed by atoms with Crippen LogP contribution in [0.25, 0.3) is 33.7 Å². The number of H-pyrrole nitrogens is 2. The Morgan fingerprint density at radius 1 is 0.909 bits per heavy atom. The van der Waals surface area contributed by atoms with E-state index in [1.54, 1.807) is 0 Å². The molecule has 3 aliphatic rings. The third kappa shape index (κ3) is 3.76. The number of pyridine rings is 1. The number of piperazine rings is 1. The molecule has 0 spiro atoms. The van der Waals surface area contributed by atoms with Gasteiger partial charge in [0.1, 0.15) is 5.82 Å². The number of imidazole rings is 1. The molecule has 3 aromatic rings. The van der Waals surface area contributed by atoms with Crippen molar-refractivity contribution >= 4 is 16.7 Å². The molecule has 2 N–H and O–H groups in total. The van der Waals surface area contributed by atoms with Crippen LogP contribution >= 0.6 is 0 Å². The molecule has 0 amide bonds. The van der Waals surface area contributed by atoms with Gasteiger partial charge in [0.25, 0.3) is 5.56 Å². The Morgan fingerprint density at radius 3 is 2.64 bits per heavy atom. The molecular weight excluding hydrogens is 412 g/mol. The fourth-order valence-corrected chi connectivity index (χ4v) is 4.64. The molecule has 1 saturated heterocycles. The first-order valence-corrected chi connectivity index (χ1v) is 11.2. The van der Waals surface area contributed by atoms with Gasteiger partial charge in [0.05, 0.1) is 16.6 Å². The molecule has 1 fully saturated rings. The number of nitrogens with one attached hydrogen (secondary N) is 2. The lowest BCUT2D eigenvalue weighted by Gasteiger charge is -2.36. The first-order valence-electron chi connectivity index (χ1n) is 11.2. The van der Waals surface area contributed by atoms with Gasteiger partial charge in [-0.2, -0.15) is 0 Å². The Balaban J connectivity index is 1.23. The number of rotatable bonds is 4. The molecule has 0 radical (unpaired) electrons. The minimum absolute atomic E-state index is 0.125. The summed E-state index contributed by atoms with van der Waals surface area (Å²) >= 11 is 0. The first kappa shape index (κ1) is 19.7. The van der Waals surface area contributed by atoms with Crippen LogP contribution < -0.4 is 10.5 Å². The number of anilines is 1. The minimum Gasteiger partial charge on any atom is -0.369 e. The van der Waals surface area contributed by atoms with Crippen LogP contribution in [0.1, 0.15) is 5.56 Å². The van der Waals surface area contributed by atoms with Crippen molar-refractivity contribution in [2.75, 3.05) is 31.1 Å². The number of hydrogen-bond donors (Lipinski definition) is 2. The van der Waals surface area contributed by atoms with Crippen molar-refractivity contribution < 1.29 is 0 Å². The molecule has 0 bridgehead atoms. The van der Waals surface area contributed by atoms with E-state index in [0.29, 0.717) is 11.4 Å². The van der Waals surface area contributed by atoms with Crippen LogP contribution in [0.15, 0.2) is 77.9 Å². The zero-order valence-electron chi connectivity index (χ0n) is 18.2. The van der Waals surface area contributed by atoms with Crippen LogP contribution in [-0.2, 0) is 6.54 Å². The zero-order chi connectivity index (χ0) is 22.2. The summed E-state index contributed by atoms with van der Waals surface area (Å²) in [6, 6.07) is 20.1. The highest BCUT2D eigenvalue weighted by Crippen LogP contribution is 2.30. The molecule has 6 rings (SSSR count). The van der Waals surface area contributed by atoms with Crippen molar-refractivity contribution in [2.45, 2.75) is 6.54 Å². The number of aromatic nitrogens is 4. The normalized spacial score (nSPS) is 14.8. The molecule has 164 valence electrons. The standard InChI is InChI=1S/C26H24N6O/c33-26-24(20-6-2-1-3-7-21(20)30-26)25-28-22-9-8-19(15-23(22)29-25)32-13-11-31(12-14-32)17-18-5-4-10-27-16-18/h1-10,15-16H,11-14,17H2,(H,28,29)(H,30,33). The highest BCUT2D eigenvalue weighted by molar-refractivity contribution is 5.87. The lowest BCUT2D eigenvalue weighted by atomic mass is 10.1. The molecule has 0 unspecified atom stereocenters. The van der Waals surface area contributed by atoms with Gasteiger partial charge in [0.2, 0.25) is 0 Å². The van der Waals surface area contributed by atoms with E-state index in [2.05, 4.69) is 43.0 Å². The van der Waals surface area contributed by atoms with E-state index < -0.39 is 0 Å². The van der Waals surface area contributed by atoms with E-state index in [-0.39, 0.29) is 5.56 Å². The fraction of sp³-hybridized carbons (Fsp3) is 0.192. The maximum Gasteiger partial charge on any atom is 0.260 e. The van der Waals surface area contributed by atoms with Crippen molar-refractivity contribution in [1.29, 1.82) is 0 Å². The van der Waals surface area contributed by atoms with Gasteiger partial charge in [0, 0.05) is 62.1 Å². The van der Waals surface area contributed by atoms with E-state index >= 15 is 0 Å². The smallest absolute Gasteiger partial charge is 0.260 e. The number of fused-ring (bicyclic) bond motifs is 2. The Kier molecular flexibility index (Phi) is 4.88. The number of aromatic amines is 2. The molecular formula is C26H24N6O. The average molecular weight is 437 g/mol. The summed E-state index contributed by atoms with van der Waals surface area (Å²) in [5, 5.41) is 0. The molecule has 1 aromatic carbocycles. The summed E-state index contributed by atoms with van der Waals surface area (Å²) < 4.78 is 0. The van der Waals surface area contributed by atoms with Gasteiger partial charge in [-0.1, -0.05) is 30.3 Å². The number of hydrogen-bond acceptors (Lipinski definition) is 5. The Morgan fingerprint density at radius 2 is 1.79 bits per heavy atom. The van der Waals surface area contributed by atoms with Gasteiger partial charge in [-0.05, 0) is 35.9 Å². The largest absolute Gasteiger partial charge is 0.369 e. The number of nitrogens with zero attached hydrogens (tertiary/aromatic N) is 4. The SMILES string of the molecule is O=c1[nH]c2cccccc-2c1-c1nc2ccc(N3CCN(Cc4cccnc4)CC3)cc2[nH]1. The molecule has 33 heavy (non-hydrogen) atoms. The minimum atomic E-state index is -0.125. The van der Waals surface area contributed by atoms with Crippen LogP contribution in [0.2, 0.25) is 0 Å². The van der Waals surface area contributed by atoms with E-state index in [1.165, 1.54) is 11.3 Å². The second kappa shape index (κ2) is 8.18. The van der Waals surface area contributed by atoms with Gasteiger partial charge in [-0.3, -0.25) is 14.7 Å². The average Bonchev–Trinajstić information content (AvgIpc) is 3.31. The maximum absolute atomic E-state index is 12.7. The summed E-state index contributed by atoms with van der Waals surface area (Å²) in [6.45, 7) is 4.89. The highest BCUT2D eigenvalue weighted by atomic mass is 16.1. The molecule has 0 atom stereocenters. The predicted octanol–water partition coefficient (Wildman–Crippen LogP) is 3.74. The van der Waals surface area contributed by atoms with Crippen molar-refractivity contribution in [3.63, 3.8) is 0 Å². The molecule has 7 nitrogen and oxygen atoms in total. The second-order valence-electron chi connectivity index (χ2n) is 8.48. The molecule has 2 aromatic heterocycles. The quantitative estimate of drug-likeness (QED) is 0.449. The second-order valence-corrected chi connectivity index (χ2v) is 8.48. The van der Waals surface area contributed by atoms with Crippen molar-refractivity contribution in [3.8, 4) is 22.6 Å². The van der Waals surface area contributed by atoms with Crippen LogP contribution in [0.3, 0.4) is 0 Å². The summed E-state index contributed by atoms with van der Waals surface area (Å²) in [7, 11) is 0. The van der Waals surface area contributed by atoms with Gasteiger partial charge in [-0.15, -0.1) is 0 Å². The molecule has 1 aliphatic carbocycles. The van der Waals surface area contributed by atoms with Gasteiger partial charge < -0.3 is 14.9 Å². The van der Waals surface area contributed by atoms with Crippen LogP contribution in [0, 0.1) is 0 Å². The lowest BCUT2D eigenvalue weighted by Crippen LogP contribution is -2.45. The van der Waals surface area contributed by atoms with Gasteiger partial charge in [-0.25, -0.2) is 4.98 Å².